The van der Waals surface area contributed by atoms with Gasteiger partial charge in [0.2, 0.25) is 0 Å². The van der Waals surface area contributed by atoms with E-state index in [0.29, 0.717) is 0 Å². The van der Waals surface area contributed by atoms with Crippen molar-refractivity contribution in [2.45, 2.75) is 34.6 Å². The monoisotopic (exact) mass is 134 g/mol. The summed E-state index contributed by atoms with van der Waals surface area (Å²) in [5.41, 5.74) is 0. The fourth-order valence-corrected chi connectivity index (χ4v) is 0. The standard InChI is InChI=1S/C4H10.C2H6O.C2H6/c1-4(2)3;1-3-2;1-2/h4H,1-3H3;1-2H3;1-2H3. The summed E-state index contributed by atoms with van der Waals surface area (Å²) in [4.78, 5) is 0. The third kappa shape index (κ3) is 177000. The van der Waals surface area contributed by atoms with Crippen molar-refractivity contribution in [3.05, 3.63) is 0 Å². The van der Waals surface area contributed by atoms with Crippen LogP contribution in [-0.2, 0) is 4.74 Å². The fraction of sp³-hybridized carbons (Fsp3) is 1.00. The minimum Gasteiger partial charge on any atom is -0.388 e. The molecule has 0 unspecified atom stereocenters. The fourth-order valence-electron chi connectivity index (χ4n) is 0. The van der Waals surface area contributed by atoms with Gasteiger partial charge in [0, 0.05) is 14.2 Å². The average Bonchev–Trinajstić information content (AvgIpc) is 1.71. The average molecular weight is 134 g/mol. The Morgan fingerprint density at radius 2 is 0.889 bits per heavy atom. The van der Waals surface area contributed by atoms with Crippen LogP contribution >= 0.6 is 0 Å². The highest BCUT2D eigenvalue weighted by Gasteiger charge is 1.68. The van der Waals surface area contributed by atoms with Crippen molar-refractivity contribution < 1.29 is 4.74 Å². The summed E-state index contributed by atoms with van der Waals surface area (Å²) in [6, 6.07) is 0. The van der Waals surface area contributed by atoms with E-state index in [1.54, 1.807) is 14.2 Å². The maximum atomic E-state index is 4.25. The summed E-state index contributed by atoms with van der Waals surface area (Å²) in [5, 5.41) is 0. The molecule has 0 bridgehead atoms. The molecule has 0 heterocycles. The number of hydrogen-bond acceptors (Lipinski definition) is 1. The van der Waals surface area contributed by atoms with Crippen LogP contribution in [0.1, 0.15) is 34.6 Å². The Morgan fingerprint density at radius 1 is 0.889 bits per heavy atom. The smallest absolute Gasteiger partial charge is 0.0351 e. The number of methoxy groups -OCH3 is 1. The molecule has 0 N–H and O–H groups in total. The highest BCUT2D eigenvalue weighted by atomic mass is 16.4. The third-order valence-corrected chi connectivity index (χ3v) is 0. The van der Waals surface area contributed by atoms with Gasteiger partial charge < -0.3 is 4.74 Å². The van der Waals surface area contributed by atoms with E-state index in [-0.39, 0.29) is 0 Å². The van der Waals surface area contributed by atoms with Gasteiger partial charge in [-0.05, 0) is 5.92 Å². The molecular formula is C8H22O. The van der Waals surface area contributed by atoms with E-state index in [2.05, 4.69) is 25.5 Å². The molecule has 0 aromatic rings. The summed E-state index contributed by atoms with van der Waals surface area (Å²) >= 11 is 0. The maximum Gasteiger partial charge on any atom is 0.0351 e. The third-order valence-electron chi connectivity index (χ3n) is 0. The van der Waals surface area contributed by atoms with Crippen LogP contribution < -0.4 is 0 Å². The molecule has 0 spiro atoms. The maximum absolute atomic E-state index is 4.25. The van der Waals surface area contributed by atoms with E-state index >= 15 is 0 Å². The van der Waals surface area contributed by atoms with Crippen LogP contribution in [0, 0.1) is 5.92 Å². The lowest BCUT2D eigenvalue weighted by atomic mass is 10.3. The van der Waals surface area contributed by atoms with Crippen LogP contribution in [0.5, 0.6) is 0 Å². The Hall–Kier alpha value is -0.0400. The van der Waals surface area contributed by atoms with Crippen LogP contribution in [0.15, 0.2) is 0 Å². The molecule has 1 nitrogen and oxygen atoms in total. The molecule has 9 heavy (non-hydrogen) atoms. The number of rotatable bonds is 0. The molecule has 0 aliphatic carbocycles. The first-order chi connectivity index (χ1) is 4.15. The lowest BCUT2D eigenvalue weighted by molar-refractivity contribution is 0.277. The van der Waals surface area contributed by atoms with E-state index in [1.165, 1.54) is 0 Å². The van der Waals surface area contributed by atoms with Crippen LogP contribution in [0.2, 0.25) is 0 Å². The molecule has 0 saturated heterocycles. The first-order valence-electron chi connectivity index (χ1n) is 3.55. The molecular weight excluding hydrogens is 112 g/mol. The zero-order chi connectivity index (χ0) is 8.28. The summed E-state index contributed by atoms with van der Waals surface area (Å²) < 4.78 is 4.25. The van der Waals surface area contributed by atoms with Gasteiger partial charge in [-0.25, -0.2) is 0 Å². The Kier molecular flexibility index (Phi) is 43.7. The van der Waals surface area contributed by atoms with Gasteiger partial charge in [0.05, 0.1) is 0 Å². The molecule has 1 heteroatoms. The Morgan fingerprint density at radius 3 is 0.889 bits per heavy atom. The first-order valence-corrected chi connectivity index (χ1v) is 3.55. The molecule has 0 atom stereocenters. The SMILES string of the molecule is CC.CC(C)C.COC. The molecule has 0 rings (SSSR count). The summed E-state index contributed by atoms with van der Waals surface area (Å²) in [5.74, 6) is 0.833. The summed E-state index contributed by atoms with van der Waals surface area (Å²) in [6.45, 7) is 10.5. The Labute approximate surface area is 60.4 Å². The van der Waals surface area contributed by atoms with Gasteiger partial charge in [-0.1, -0.05) is 34.6 Å². The largest absolute Gasteiger partial charge is 0.388 e. The van der Waals surface area contributed by atoms with Gasteiger partial charge >= 0.3 is 0 Å². The van der Waals surface area contributed by atoms with E-state index in [4.69, 9.17) is 0 Å². The predicted octanol–water partition coefficient (Wildman–Crippen LogP) is 2.95. The molecule has 0 amide bonds. The van der Waals surface area contributed by atoms with E-state index in [0.717, 1.165) is 5.92 Å². The van der Waals surface area contributed by atoms with Gasteiger partial charge in [-0.15, -0.1) is 0 Å². The summed E-state index contributed by atoms with van der Waals surface area (Å²) in [7, 11) is 3.25. The lowest BCUT2D eigenvalue weighted by Crippen LogP contribution is -1.66. The molecule has 0 fully saturated rings. The summed E-state index contributed by atoms with van der Waals surface area (Å²) in [6.07, 6.45) is 0. The van der Waals surface area contributed by atoms with Crippen LogP contribution in [0.4, 0.5) is 0 Å². The minimum atomic E-state index is 0.833. The van der Waals surface area contributed by atoms with Crippen molar-refractivity contribution in [3.63, 3.8) is 0 Å². The Balaban J connectivity index is -0.0000000646. The molecule has 0 aliphatic rings. The van der Waals surface area contributed by atoms with Gasteiger partial charge in [-0.3, -0.25) is 0 Å². The van der Waals surface area contributed by atoms with Crippen molar-refractivity contribution in [3.8, 4) is 0 Å². The number of ether oxygens (including phenoxy) is 1. The van der Waals surface area contributed by atoms with Crippen molar-refractivity contribution in [2.75, 3.05) is 14.2 Å². The predicted molar refractivity (Wildman–Crippen MR) is 44.8 cm³/mol. The molecule has 0 aromatic heterocycles. The second-order valence-corrected chi connectivity index (χ2v) is 2.14. The lowest BCUT2D eigenvalue weighted by Gasteiger charge is -1.79. The highest BCUT2D eigenvalue weighted by Crippen LogP contribution is 1.81. The Bertz CT molecular complexity index is 15.8. The second-order valence-electron chi connectivity index (χ2n) is 2.14. The van der Waals surface area contributed by atoms with Crippen molar-refractivity contribution in [2.24, 2.45) is 5.92 Å². The van der Waals surface area contributed by atoms with Gasteiger partial charge in [0.25, 0.3) is 0 Å². The van der Waals surface area contributed by atoms with Gasteiger partial charge in [-0.2, -0.15) is 0 Å². The molecule has 0 aromatic carbocycles. The van der Waals surface area contributed by atoms with Crippen LogP contribution in [0.25, 0.3) is 0 Å². The zero-order valence-corrected chi connectivity index (χ0v) is 7.99. The van der Waals surface area contributed by atoms with Crippen molar-refractivity contribution >= 4 is 0 Å². The highest BCUT2D eigenvalue weighted by molar-refractivity contribution is 4.20. The second kappa shape index (κ2) is 24.6. The minimum absolute atomic E-state index is 0.833. The molecule has 60 valence electrons. The molecule has 0 aliphatic heterocycles. The quantitative estimate of drug-likeness (QED) is 0.495. The molecule has 0 radical (unpaired) electrons. The zero-order valence-electron chi connectivity index (χ0n) is 7.99. The van der Waals surface area contributed by atoms with Crippen molar-refractivity contribution in [1.82, 2.24) is 0 Å². The first kappa shape index (κ1) is 16.0. The molecule has 0 saturated carbocycles. The van der Waals surface area contributed by atoms with Gasteiger partial charge in [0.15, 0.2) is 0 Å². The van der Waals surface area contributed by atoms with E-state index in [1.807, 2.05) is 13.8 Å². The van der Waals surface area contributed by atoms with E-state index < -0.39 is 0 Å². The van der Waals surface area contributed by atoms with Crippen LogP contribution in [0.3, 0.4) is 0 Å². The number of hydrogen-bond donors (Lipinski definition) is 0. The van der Waals surface area contributed by atoms with Crippen molar-refractivity contribution in [1.29, 1.82) is 0 Å². The van der Waals surface area contributed by atoms with E-state index in [9.17, 15) is 0 Å². The van der Waals surface area contributed by atoms with Gasteiger partial charge in [0.1, 0.15) is 0 Å². The van der Waals surface area contributed by atoms with Crippen LogP contribution in [-0.4, -0.2) is 14.2 Å². The normalized spacial score (nSPS) is 6.67. The topological polar surface area (TPSA) is 9.23 Å².